The number of ether oxygens (including phenoxy) is 1. The highest BCUT2D eigenvalue weighted by Crippen LogP contribution is 2.43. The Morgan fingerprint density at radius 1 is 0.522 bits per heavy atom. The lowest BCUT2D eigenvalue weighted by molar-refractivity contribution is 0.236. The average Bonchev–Trinajstić information content (AvgIpc) is 3.42. The van der Waals surface area contributed by atoms with Gasteiger partial charge in [0.05, 0.1) is 11.9 Å². The van der Waals surface area contributed by atoms with Crippen LogP contribution in [0.25, 0.3) is 33.0 Å². The van der Waals surface area contributed by atoms with Crippen LogP contribution in [-0.2, 0) is 17.8 Å². The number of terminal acetylenes is 1. The van der Waals surface area contributed by atoms with Crippen LogP contribution < -0.4 is 4.90 Å². The third-order valence-electron chi connectivity index (χ3n) is 10.8. The van der Waals surface area contributed by atoms with E-state index in [-0.39, 0.29) is 6.04 Å². The molecular weight excluding hydrogens is 835 g/mol. The molecule has 0 heterocycles. The topological polar surface area (TPSA) is 12.5 Å². The molecule has 360 valence electrons. The molecule has 69 heavy (non-hydrogen) atoms. The quantitative estimate of drug-likeness (QED) is 0.100. The van der Waals surface area contributed by atoms with Gasteiger partial charge in [-0.05, 0) is 109 Å². The summed E-state index contributed by atoms with van der Waals surface area (Å²) in [6.07, 6.45) is 10.9. The van der Waals surface area contributed by atoms with Gasteiger partial charge in [0.25, 0.3) is 0 Å². The van der Waals surface area contributed by atoms with Crippen molar-refractivity contribution in [1.82, 2.24) is 0 Å². The van der Waals surface area contributed by atoms with Gasteiger partial charge in [0.1, 0.15) is 12.6 Å². The fourth-order valence-corrected chi connectivity index (χ4v) is 7.33. The molecule has 2 heteroatoms. The standard InChI is InChI=1S/C35H31N.C13H12.C11H14O.4C2H6/c1-5-27-22-23-29-12-10-11-15-32(29)35(27)36(31-13-8-7-9-14-31)34(6-2)33-24-30(21-18-26(33)4)28-19-16-25(3)17-20-28;1-11-7-9-13(10-8-11)12-5-3-2-4-6-12;1-3-8-12-9-11-6-4-10(2)5-7-11;4*1-2/h2,7-24,34H,5H2,1,3-4H3;2-10H,1H3;3-8H,9H2,1-2H3;4*1-2H3/b;;8-3-;;;;. The zero-order valence-corrected chi connectivity index (χ0v) is 44.5. The second kappa shape index (κ2) is 33.4. The fourth-order valence-electron chi connectivity index (χ4n) is 7.33. The van der Waals surface area contributed by atoms with Crippen LogP contribution >= 0.6 is 0 Å². The van der Waals surface area contributed by atoms with Gasteiger partial charge in [0.15, 0.2) is 0 Å². The number of nitrogens with zero attached hydrogens (tertiary/aromatic N) is 1. The van der Waals surface area contributed by atoms with E-state index in [1.807, 2.05) is 74.5 Å². The molecule has 8 aromatic carbocycles. The molecule has 1 atom stereocenters. The maximum atomic E-state index is 6.40. The van der Waals surface area contributed by atoms with E-state index in [0.29, 0.717) is 6.61 Å². The van der Waals surface area contributed by atoms with Crippen LogP contribution in [0.4, 0.5) is 11.4 Å². The number of hydrogen-bond acceptors (Lipinski definition) is 2. The summed E-state index contributed by atoms with van der Waals surface area (Å²) in [5, 5.41) is 2.43. The maximum absolute atomic E-state index is 6.40. The average molecular weight is 916 g/mol. The van der Waals surface area contributed by atoms with Crippen molar-refractivity contribution in [2.45, 2.75) is 116 Å². The lowest BCUT2D eigenvalue weighted by atomic mass is 9.92. The molecule has 0 saturated heterocycles. The van der Waals surface area contributed by atoms with Gasteiger partial charge in [-0.15, -0.1) is 6.42 Å². The van der Waals surface area contributed by atoms with Gasteiger partial charge in [-0.1, -0.05) is 261 Å². The molecule has 0 amide bonds. The van der Waals surface area contributed by atoms with E-state index < -0.39 is 0 Å². The molecule has 1 unspecified atom stereocenters. The van der Waals surface area contributed by atoms with Crippen LogP contribution in [0.3, 0.4) is 0 Å². The predicted octanol–water partition coefficient (Wildman–Crippen LogP) is 20.0. The lowest BCUT2D eigenvalue weighted by Crippen LogP contribution is -2.25. The molecule has 0 aliphatic heterocycles. The number of hydrogen-bond donors (Lipinski definition) is 0. The number of benzene rings is 8. The highest BCUT2D eigenvalue weighted by molar-refractivity contribution is 5.98. The number of allylic oxidation sites excluding steroid dienone is 1. The van der Waals surface area contributed by atoms with Crippen LogP contribution in [0.2, 0.25) is 0 Å². The van der Waals surface area contributed by atoms with Crippen molar-refractivity contribution in [2.75, 3.05) is 4.90 Å². The summed E-state index contributed by atoms with van der Waals surface area (Å²) in [6.45, 7) is 29.3. The largest absolute Gasteiger partial charge is 0.497 e. The number of rotatable bonds is 10. The SMILES string of the molecule is C#CC(c1cc(-c2ccc(C)cc2)ccc1C)N(c1ccccc1)c1c(CC)ccc2ccccc12.C/C=C\OCc1ccc(C)cc1.CC.CC.CC.CC.Cc1ccc(-c2ccccc2)cc1. The van der Waals surface area contributed by atoms with Crippen LogP contribution in [-0.4, -0.2) is 0 Å². The van der Waals surface area contributed by atoms with Crippen molar-refractivity contribution in [1.29, 1.82) is 0 Å². The van der Waals surface area contributed by atoms with Crippen molar-refractivity contribution < 1.29 is 4.74 Å². The Bertz CT molecular complexity index is 2650. The Hall–Kier alpha value is -7.08. The normalized spacial score (nSPS) is 10.2. The van der Waals surface area contributed by atoms with Crippen LogP contribution in [0.15, 0.2) is 200 Å². The Kier molecular flexibility index (Phi) is 28.1. The van der Waals surface area contributed by atoms with Gasteiger partial charge in [-0.25, -0.2) is 0 Å². The summed E-state index contributed by atoms with van der Waals surface area (Å²) in [5.74, 6) is 3.19. The van der Waals surface area contributed by atoms with Crippen molar-refractivity contribution in [3.05, 3.63) is 239 Å². The minimum Gasteiger partial charge on any atom is -0.497 e. The van der Waals surface area contributed by atoms with Crippen LogP contribution in [0, 0.1) is 40.0 Å². The Morgan fingerprint density at radius 3 is 1.51 bits per heavy atom. The summed E-state index contributed by atoms with van der Waals surface area (Å²) in [6, 6.07) is 66.1. The molecular formula is C67H81NO. The Balaban J connectivity index is 0.000000404. The molecule has 2 nitrogen and oxygen atoms in total. The highest BCUT2D eigenvalue weighted by atomic mass is 16.5. The molecule has 8 aromatic rings. The third kappa shape index (κ3) is 17.8. The minimum atomic E-state index is -0.270. The first-order valence-corrected chi connectivity index (χ1v) is 25.2. The summed E-state index contributed by atoms with van der Waals surface area (Å²) in [7, 11) is 0. The first-order chi connectivity index (χ1) is 33.8. The number of fused-ring (bicyclic) bond motifs is 1. The van der Waals surface area contributed by atoms with Crippen molar-refractivity contribution in [2.24, 2.45) is 0 Å². The molecule has 0 N–H and O–H groups in total. The molecule has 0 aliphatic carbocycles. The maximum Gasteiger partial charge on any atom is 0.121 e. The molecule has 0 fully saturated rings. The van der Waals surface area contributed by atoms with Gasteiger partial charge in [-0.2, -0.15) is 0 Å². The highest BCUT2D eigenvalue weighted by Gasteiger charge is 2.26. The summed E-state index contributed by atoms with van der Waals surface area (Å²) in [4.78, 5) is 2.36. The lowest BCUT2D eigenvalue weighted by Gasteiger charge is -2.34. The Morgan fingerprint density at radius 2 is 0.986 bits per heavy atom. The van der Waals surface area contributed by atoms with Crippen molar-refractivity contribution >= 4 is 22.1 Å². The second-order valence-corrected chi connectivity index (χ2v) is 15.4. The van der Waals surface area contributed by atoms with Crippen LogP contribution in [0.5, 0.6) is 0 Å². The van der Waals surface area contributed by atoms with Gasteiger partial charge in [-0.3, -0.25) is 0 Å². The molecule has 0 aromatic heterocycles. The van der Waals surface area contributed by atoms with E-state index in [0.717, 1.165) is 17.7 Å². The summed E-state index contributed by atoms with van der Waals surface area (Å²) < 4.78 is 5.23. The fraction of sp³-hybridized carbons (Fsp3) is 0.254. The molecule has 0 spiro atoms. The van der Waals surface area contributed by atoms with E-state index in [9.17, 15) is 0 Å². The van der Waals surface area contributed by atoms with Gasteiger partial charge in [0, 0.05) is 11.1 Å². The van der Waals surface area contributed by atoms with Crippen molar-refractivity contribution in [3.63, 3.8) is 0 Å². The predicted molar refractivity (Wildman–Crippen MR) is 308 cm³/mol. The monoisotopic (exact) mass is 916 g/mol. The first kappa shape index (κ1) is 58.0. The van der Waals surface area contributed by atoms with Gasteiger partial charge >= 0.3 is 0 Å². The Labute approximate surface area is 419 Å². The van der Waals surface area contributed by atoms with Gasteiger partial charge in [0.2, 0.25) is 0 Å². The second-order valence-electron chi connectivity index (χ2n) is 15.4. The van der Waals surface area contributed by atoms with E-state index in [1.54, 1.807) is 6.26 Å². The zero-order valence-electron chi connectivity index (χ0n) is 44.5. The van der Waals surface area contributed by atoms with E-state index in [1.165, 1.54) is 72.1 Å². The summed E-state index contributed by atoms with van der Waals surface area (Å²) >= 11 is 0. The first-order valence-electron chi connectivity index (χ1n) is 25.2. The zero-order chi connectivity index (χ0) is 51.0. The number of anilines is 2. The van der Waals surface area contributed by atoms with Crippen LogP contribution in [0.1, 0.15) is 114 Å². The van der Waals surface area contributed by atoms with E-state index in [2.05, 4.69) is 227 Å². The molecule has 8 rings (SSSR count). The molecule has 0 saturated carbocycles. The molecule has 0 aliphatic rings. The van der Waals surface area contributed by atoms with E-state index in [4.69, 9.17) is 11.2 Å². The summed E-state index contributed by atoms with van der Waals surface area (Å²) in [5.41, 5.74) is 15.9. The van der Waals surface area contributed by atoms with Crippen molar-refractivity contribution in [3.8, 4) is 34.6 Å². The van der Waals surface area contributed by atoms with E-state index >= 15 is 0 Å². The van der Waals surface area contributed by atoms with Gasteiger partial charge < -0.3 is 9.64 Å². The molecule has 0 radical (unpaired) electrons. The smallest absolute Gasteiger partial charge is 0.121 e. The minimum absolute atomic E-state index is 0.270. The third-order valence-corrected chi connectivity index (χ3v) is 10.8. The number of aryl methyl sites for hydroxylation is 5. The molecule has 0 bridgehead atoms. The number of para-hydroxylation sites is 1.